The molecule has 4 rings (SSSR count). The third kappa shape index (κ3) is 3.67. The number of hydrogen-bond acceptors (Lipinski definition) is 3. The third-order valence-electron chi connectivity index (χ3n) is 5.71. The van der Waals surface area contributed by atoms with Crippen LogP contribution in [-0.4, -0.2) is 27.3 Å². The Morgan fingerprint density at radius 1 is 1.20 bits per heavy atom. The van der Waals surface area contributed by atoms with Crippen LogP contribution in [0.2, 0.25) is 0 Å². The molecule has 2 N–H and O–H groups in total. The predicted octanol–water partition coefficient (Wildman–Crippen LogP) is 2.89. The first-order valence-electron chi connectivity index (χ1n) is 9.25. The Hall–Kier alpha value is -2.37. The number of rotatable bonds is 6. The standard InChI is InChI=1S/C19H25N5O/c25-19(21-9-6-16-12-14-4-5-15(16)11-14)22-13-17-3-1-7-20-18(17)24-10-2-8-23-24/h1-3,7-8,10,14-16H,4-6,9,11-13H2,(H2,21,22,25)/t14-,15-,16-/m0/s1. The first-order valence-corrected chi connectivity index (χ1v) is 9.25. The number of amides is 2. The predicted molar refractivity (Wildman–Crippen MR) is 95.2 cm³/mol. The Morgan fingerprint density at radius 3 is 2.92 bits per heavy atom. The van der Waals surface area contributed by atoms with Crippen molar-refractivity contribution in [1.82, 2.24) is 25.4 Å². The van der Waals surface area contributed by atoms with Gasteiger partial charge in [-0.25, -0.2) is 14.5 Å². The number of nitrogens with one attached hydrogen (secondary N) is 2. The summed E-state index contributed by atoms with van der Waals surface area (Å²) in [6.45, 7) is 1.20. The Kier molecular flexibility index (Phi) is 4.68. The SMILES string of the molecule is O=C(NCC[C@H]1C[C@H]2CC[C@H]1C2)NCc1cccnc1-n1cccn1. The first kappa shape index (κ1) is 16.1. The molecule has 0 unspecified atom stereocenters. The van der Waals surface area contributed by atoms with Crippen LogP contribution in [0.1, 0.15) is 37.7 Å². The van der Waals surface area contributed by atoms with Gasteiger partial charge in [-0.05, 0) is 55.6 Å². The third-order valence-corrected chi connectivity index (χ3v) is 5.71. The molecule has 6 heteroatoms. The second kappa shape index (κ2) is 7.25. The van der Waals surface area contributed by atoms with Crippen LogP contribution in [-0.2, 0) is 6.54 Å². The molecule has 0 spiro atoms. The van der Waals surface area contributed by atoms with E-state index in [-0.39, 0.29) is 6.03 Å². The molecule has 2 aliphatic carbocycles. The monoisotopic (exact) mass is 339 g/mol. The molecule has 3 atom stereocenters. The van der Waals surface area contributed by atoms with Gasteiger partial charge in [0.15, 0.2) is 5.82 Å². The minimum absolute atomic E-state index is 0.113. The van der Waals surface area contributed by atoms with E-state index >= 15 is 0 Å². The maximum atomic E-state index is 12.1. The maximum absolute atomic E-state index is 12.1. The van der Waals surface area contributed by atoms with Crippen LogP contribution in [0.3, 0.4) is 0 Å². The molecule has 2 amide bonds. The highest BCUT2D eigenvalue weighted by Gasteiger charge is 2.38. The molecule has 2 bridgehead atoms. The van der Waals surface area contributed by atoms with Crippen molar-refractivity contribution in [1.29, 1.82) is 0 Å². The number of nitrogens with zero attached hydrogens (tertiary/aromatic N) is 3. The largest absolute Gasteiger partial charge is 0.338 e. The van der Waals surface area contributed by atoms with Crippen molar-refractivity contribution in [2.45, 2.75) is 38.6 Å². The Morgan fingerprint density at radius 2 is 2.16 bits per heavy atom. The van der Waals surface area contributed by atoms with E-state index in [2.05, 4.69) is 20.7 Å². The van der Waals surface area contributed by atoms with E-state index in [0.29, 0.717) is 6.54 Å². The molecule has 2 saturated carbocycles. The number of aromatic nitrogens is 3. The lowest BCUT2D eigenvalue weighted by Gasteiger charge is -2.21. The highest BCUT2D eigenvalue weighted by Crippen LogP contribution is 2.49. The fourth-order valence-electron chi connectivity index (χ4n) is 4.51. The maximum Gasteiger partial charge on any atom is 0.315 e. The zero-order valence-corrected chi connectivity index (χ0v) is 14.4. The lowest BCUT2D eigenvalue weighted by Crippen LogP contribution is -2.36. The summed E-state index contributed by atoms with van der Waals surface area (Å²) in [7, 11) is 0. The zero-order chi connectivity index (χ0) is 17.1. The highest BCUT2D eigenvalue weighted by atomic mass is 16.2. The van der Waals surface area contributed by atoms with E-state index < -0.39 is 0 Å². The summed E-state index contributed by atoms with van der Waals surface area (Å²) < 4.78 is 1.71. The van der Waals surface area contributed by atoms with Crippen LogP contribution in [0.15, 0.2) is 36.8 Å². The number of pyridine rings is 1. The number of carbonyl (C=O) groups excluding carboxylic acids is 1. The molecular formula is C19H25N5O. The summed E-state index contributed by atoms with van der Waals surface area (Å²) in [5.74, 6) is 3.45. The summed E-state index contributed by atoms with van der Waals surface area (Å²) in [6, 6.07) is 5.57. The van der Waals surface area contributed by atoms with Gasteiger partial charge in [-0.1, -0.05) is 12.5 Å². The summed E-state index contributed by atoms with van der Waals surface area (Å²) in [4.78, 5) is 16.4. The van der Waals surface area contributed by atoms with Gasteiger partial charge in [-0.15, -0.1) is 0 Å². The van der Waals surface area contributed by atoms with Crippen molar-refractivity contribution in [3.05, 3.63) is 42.4 Å². The van der Waals surface area contributed by atoms with Crippen LogP contribution in [0.4, 0.5) is 4.79 Å². The molecule has 2 aliphatic rings. The minimum atomic E-state index is -0.113. The van der Waals surface area contributed by atoms with Gasteiger partial charge in [0.25, 0.3) is 0 Å². The van der Waals surface area contributed by atoms with Crippen LogP contribution in [0.25, 0.3) is 5.82 Å². The van der Waals surface area contributed by atoms with Gasteiger partial charge in [-0.2, -0.15) is 5.10 Å². The van der Waals surface area contributed by atoms with Crippen molar-refractivity contribution in [3.8, 4) is 5.82 Å². The molecule has 2 heterocycles. The van der Waals surface area contributed by atoms with Gasteiger partial charge >= 0.3 is 6.03 Å². The Balaban J connectivity index is 1.24. The topological polar surface area (TPSA) is 71.8 Å². The van der Waals surface area contributed by atoms with Gasteiger partial charge < -0.3 is 10.6 Å². The molecule has 0 saturated heterocycles. The lowest BCUT2D eigenvalue weighted by atomic mass is 9.86. The van der Waals surface area contributed by atoms with Crippen LogP contribution in [0.5, 0.6) is 0 Å². The molecule has 2 fully saturated rings. The van der Waals surface area contributed by atoms with Gasteiger partial charge in [0.05, 0.1) is 0 Å². The summed E-state index contributed by atoms with van der Waals surface area (Å²) in [6.07, 6.45) is 12.0. The quantitative estimate of drug-likeness (QED) is 0.850. The fraction of sp³-hybridized carbons (Fsp3) is 0.526. The molecule has 6 nitrogen and oxygen atoms in total. The lowest BCUT2D eigenvalue weighted by molar-refractivity contribution is 0.237. The second-order valence-electron chi connectivity index (χ2n) is 7.27. The van der Waals surface area contributed by atoms with E-state index in [0.717, 1.165) is 42.1 Å². The van der Waals surface area contributed by atoms with Crippen LogP contribution < -0.4 is 10.6 Å². The summed E-state index contributed by atoms with van der Waals surface area (Å²) >= 11 is 0. The van der Waals surface area contributed by atoms with E-state index in [9.17, 15) is 4.79 Å². The molecule has 2 aromatic rings. The van der Waals surface area contributed by atoms with E-state index in [1.807, 2.05) is 24.4 Å². The number of fused-ring (bicyclic) bond motifs is 2. The fourth-order valence-corrected chi connectivity index (χ4v) is 4.51. The molecule has 2 aromatic heterocycles. The zero-order valence-electron chi connectivity index (χ0n) is 14.4. The van der Waals surface area contributed by atoms with Crippen molar-refractivity contribution >= 4 is 6.03 Å². The highest BCUT2D eigenvalue weighted by molar-refractivity contribution is 5.73. The number of carbonyl (C=O) groups is 1. The minimum Gasteiger partial charge on any atom is -0.338 e. The molecule has 0 aromatic carbocycles. The van der Waals surface area contributed by atoms with Crippen molar-refractivity contribution in [2.75, 3.05) is 6.54 Å². The smallest absolute Gasteiger partial charge is 0.315 e. The number of hydrogen-bond donors (Lipinski definition) is 2. The van der Waals surface area contributed by atoms with Gasteiger partial charge in [0.2, 0.25) is 0 Å². The second-order valence-corrected chi connectivity index (χ2v) is 7.27. The summed E-state index contributed by atoms with van der Waals surface area (Å²) in [5.41, 5.74) is 0.939. The average Bonchev–Trinajstić information content (AvgIpc) is 3.38. The molecular weight excluding hydrogens is 314 g/mol. The number of urea groups is 1. The van der Waals surface area contributed by atoms with Crippen LogP contribution in [0, 0.1) is 17.8 Å². The Bertz CT molecular complexity index is 714. The average molecular weight is 339 g/mol. The van der Waals surface area contributed by atoms with Gasteiger partial charge in [-0.3, -0.25) is 0 Å². The first-order chi connectivity index (χ1) is 12.3. The Labute approximate surface area is 148 Å². The van der Waals surface area contributed by atoms with Gasteiger partial charge in [0, 0.05) is 37.2 Å². The summed E-state index contributed by atoms with van der Waals surface area (Å²) in [5, 5.41) is 10.1. The van der Waals surface area contributed by atoms with Crippen molar-refractivity contribution < 1.29 is 4.79 Å². The molecule has 132 valence electrons. The van der Waals surface area contributed by atoms with Gasteiger partial charge in [0.1, 0.15) is 0 Å². The van der Waals surface area contributed by atoms with Crippen LogP contribution >= 0.6 is 0 Å². The molecule has 0 radical (unpaired) electrons. The molecule has 0 aliphatic heterocycles. The van der Waals surface area contributed by atoms with Crippen molar-refractivity contribution in [2.24, 2.45) is 17.8 Å². The molecule has 25 heavy (non-hydrogen) atoms. The normalized spacial score (nSPS) is 24.4. The van der Waals surface area contributed by atoms with E-state index in [1.165, 1.54) is 25.7 Å². The van der Waals surface area contributed by atoms with E-state index in [4.69, 9.17) is 0 Å². The van der Waals surface area contributed by atoms with Crippen molar-refractivity contribution in [3.63, 3.8) is 0 Å². The van der Waals surface area contributed by atoms with E-state index in [1.54, 1.807) is 17.1 Å².